The molecule has 5 heterocycles. The van der Waals surface area contributed by atoms with Crippen molar-refractivity contribution < 1.29 is 14.3 Å². The van der Waals surface area contributed by atoms with Gasteiger partial charge in [0, 0.05) is 28.5 Å². The summed E-state index contributed by atoms with van der Waals surface area (Å²) in [5.41, 5.74) is 14.1. The van der Waals surface area contributed by atoms with E-state index in [1.165, 1.54) is 11.6 Å². The highest BCUT2D eigenvalue weighted by Crippen LogP contribution is 2.34. The van der Waals surface area contributed by atoms with Gasteiger partial charge in [0.2, 0.25) is 5.78 Å². The van der Waals surface area contributed by atoms with Gasteiger partial charge in [0.1, 0.15) is 5.76 Å². The zero-order chi connectivity index (χ0) is 35.1. The summed E-state index contributed by atoms with van der Waals surface area (Å²) in [6.07, 6.45) is 7.18. The van der Waals surface area contributed by atoms with Gasteiger partial charge in [-0.1, -0.05) is 89.5 Å². The number of hydrogen-bond donors (Lipinski definition) is 3. The number of cyclic esters (lactones) is 1. The number of aryl methyl sites for hydroxylation is 3. The molecule has 8 rings (SSSR count). The number of hydrogen-bond acceptors (Lipinski definition) is 4. The number of carbonyl (C=O) groups is 2. The van der Waals surface area contributed by atoms with Gasteiger partial charge in [-0.15, -0.1) is 0 Å². The maximum absolute atomic E-state index is 13.2. The number of nitrogens with one attached hydrogen (secondary N) is 3. The monoisotopic (exact) mass is 666 g/mol. The molecule has 0 fully saturated rings. The highest BCUT2D eigenvalue weighted by atomic mass is 16.5. The summed E-state index contributed by atoms with van der Waals surface area (Å²) in [6, 6.07) is 35.9. The van der Waals surface area contributed by atoms with Crippen molar-refractivity contribution in [3.8, 4) is 11.4 Å². The fourth-order valence-electron chi connectivity index (χ4n) is 6.35. The van der Waals surface area contributed by atoms with Crippen LogP contribution in [0.2, 0.25) is 0 Å². The molecule has 2 aliphatic rings. The lowest BCUT2D eigenvalue weighted by Crippen LogP contribution is -2.01. The van der Waals surface area contributed by atoms with Crippen LogP contribution in [0.4, 0.5) is 0 Å². The fourth-order valence-corrected chi connectivity index (χ4v) is 6.35. The van der Waals surface area contributed by atoms with E-state index in [-0.39, 0.29) is 11.8 Å². The van der Waals surface area contributed by atoms with Crippen LogP contribution in [-0.4, -0.2) is 32.4 Å². The molecule has 0 radical (unpaired) electrons. The van der Waals surface area contributed by atoms with E-state index in [0.717, 1.165) is 73.3 Å². The third-order valence-corrected chi connectivity index (χ3v) is 9.13. The number of aromatic amines is 3. The van der Waals surface area contributed by atoms with E-state index >= 15 is 0 Å². The van der Waals surface area contributed by atoms with Crippen LogP contribution in [-0.2, 0) is 9.53 Å². The number of allylic oxidation sites excluding steroid dienone is 3. The van der Waals surface area contributed by atoms with Crippen molar-refractivity contribution in [2.75, 3.05) is 0 Å². The highest BCUT2D eigenvalue weighted by Gasteiger charge is 2.22. The maximum atomic E-state index is 13.2. The number of benzene rings is 3. The molecule has 3 N–H and O–H groups in total. The summed E-state index contributed by atoms with van der Waals surface area (Å²) in [6.45, 7) is 6.12. The molecule has 7 heteroatoms. The molecule has 0 aliphatic carbocycles. The van der Waals surface area contributed by atoms with E-state index in [1.54, 1.807) is 6.08 Å². The minimum Gasteiger partial charge on any atom is -0.423 e. The van der Waals surface area contributed by atoms with Gasteiger partial charge in [-0.3, -0.25) is 4.79 Å². The van der Waals surface area contributed by atoms with Gasteiger partial charge in [0.25, 0.3) is 0 Å². The van der Waals surface area contributed by atoms with Crippen molar-refractivity contribution in [2.24, 2.45) is 4.99 Å². The molecule has 248 valence electrons. The lowest BCUT2D eigenvalue weighted by Gasteiger charge is -2.10. The van der Waals surface area contributed by atoms with Crippen LogP contribution >= 0.6 is 0 Å². The number of rotatable bonds is 8. The Morgan fingerprint density at radius 2 is 1.00 bits per heavy atom. The molecule has 0 spiro atoms. The third-order valence-electron chi connectivity index (χ3n) is 9.13. The van der Waals surface area contributed by atoms with Crippen LogP contribution in [0.5, 0.6) is 0 Å². The van der Waals surface area contributed by atoms with E-state index in [0.29, 0.717) is 17.0 Å². The van der Waals surface area contributed by atoms with E-state index in [1.807, 2.05) is 111 Å². The van der Waals surface area contributed by atoms with Gasteiger partial charge in [-0.2, -0.15) is 0 Å². The van der Waals surface area contributed by atoms with Crippen LogP contribution in [0.3, 0.4) is 0 Å². The van der Waals surface area contributed by atoms with Crippen molar-refractivity contribution in [3.63, 3.8) is 0 Å². The Labute approximate surface area is 295 Å². The number of aliphatic imine (C=N–C) groups is 1. The molecule has 0 saturated carbocycles. The molecular weight excluding hydrogens is 633 g/mol. The first-order valence-electron chi connectivity index (χ1n) is 16.8. The van der Waals surface area contributed by atoms with E-state index in [9.17, 15) is 9.59 Å². The van der Waals surface area contributed by atoms with Crippen LogP contribution in [0.15, 0.2) is 150 Å². The van der Waals surface area contributed by atoms with Crippen molar-refractivity contribution in [1.29, 1.82) is 0 Å². The summed E-state index contributed by atoms with van der Waals surface area (Å²) in [4.78, 5) is 40.7. The number of esters is 1. The van der Waals surface area contributed by atoms with Crippen molar-refractivity contribution in [2.45, 2.75) is 20.8 Å². The van der Waals surface area contributed by atoms with E-state index in [4.69, 9.17) is 9.73 Å². The Bertz CT molecular complexity index is 2480. The normalized spacial score (nSPS) is 15.7. The summed E-state index contributed by atoms with van der Waals surface area (Å²) in [5, 5.41) is 0. The van der Waals surface area contributed by atoms with Crippen LogP contribution < -0.4 is 0 Å². The molecule has 0 amide bonds. The fraction of sp³-hybridized carbons (Fsp3) is 0.0682. The maximum Gasteiger partial charge on any atom is 0.336 e. The first-order chi connectivity index (χ1) is 24.8. The average Bonchev–Trinajstić information content (AvgIpc) is 3.98. The predicted octanol–water partition coefficient (Wildman–Crippen LogP) is 9.19. The molecule has 51 heavy (non-hydrogen) atoms. The Morgan fingerprint density at radius 1 is 0.510 bits per heavy atom. The topological polar surface area (TPSA) is 103 Å². The van der Waals surface area contributed by atoms with Crippen LogP contribution in [0, 0.1) is 20.8 Å². The summed E-state index contributed by atoms with van der Waals surface area (Å²) in [5.74, 6) is 0.0614. The Hall–Kier alpha value is -6.73. The lowest BCUT2D eigenvalue weighted by molar-refractivity contribution is -0.132. The number of nitrogens with zero attached hydrogens (tertiary/aromatic N) is 1. The summed E-state index contributed by atoms with van der Waals surface area (Å²) < 4.78 is 5.56. The van der Waals surface area contributed by atoms with Gasteiger partial charge < -0.3 is 19.7 Å². The van der Waals surface area contributed by atoms with Gasteiger partial charge in [0.15, 0.2) is 0 Å². The lowest BCUT2D eigenvalue weighted by atomic mass is 9.99. The molecule has 0 bridgehead atoms. The van der Waals surface area contributed by atoms with Gasteiger partial charge in [-0.25, -0.2) is 9.79 Å². The molecule has 0 atom stereocenters. The summed E-state index contributed by atoms with van der Waals surface area (Å²) >= 11 is 0. The van der Waals surface area contributed by atoms with Crippen LogP contribution in [0.25, 0.3) is 22.5 Å². The third kappa shape index (κ3) is 6.29. The van der Waals surface area contributed by atoms with Crippen molar-refractivity contribution in [3.05, 3.63) is 201 Å². The molecule has 3 aromatic heterocycles. The minimum atomic E-state index is -0.386. The second-order valence-corrected chi connectivity index (χ2v) is 12.9. The van der Waals surface area contributed by atoms with Crippen molar-refractivity contribution >= 4 is 28.6 Å². The van der Waals surface area contributed by atoms with E-state index < -0.39 is 0 Å². The predicted molar refractivity (Wildman–Crippen MR) is 201 cm³/mol. The smallest absolute Gasteiger partial charge is 0.336 e. The quantitative estimate of drug-likeness (QED) is 0.111. The van der Waals surface area contributed by atoms with Gasteiger partial charge >= 0.3 is 5.97 Å². The van der Waals surface area contributed by atoms with Crippen LogP contribution in [0.1, 0.15) is 61.0 Å². The largest absolute Gasteiger partial charge is 0.423 e. The highest BCUT2D eigenvalue weighted by molar-refractivity contribution is 6.11. The summed E-state index contributed by atoms with van der Waals surface area (Å²) in [7, 11) is 0. The molecular formula is C44H34N4O3. The molecule has 0 saturated heterocycles. The zero-order valence-corrected chi connectivity index (χ0v) is 28.4. The second kappa shape index (κ2) is 12.9. The molecule has 0 unspecified atom stereocenters. The SMILES string of the molecule is Cc1ccc(C(=O)c2ccc(-c3ccc(/C(=C4\C=CC(c5ccc(/C(=C6/C=CC(=O)O6)c6ccc(C)cc6)[nH]5)=N4)c4ccc(C)cc4)[nH]3)[nH]2)cc1. The Kier molecular flexibility index (Phi) is 8.01. The number of ether oxygens (including phenoxy) is 1. The minimum absolute atomic E-state index is 0.0520. The van der Waals surface area contributed by atoms with E-state index in [2.05, 4.69) is 46.1 Å². The first kappa shape index (κ1) is 31.5. The Morgan fingerprint density at radius 3 is 1.59 bits per heavy atom. The molecule has 2 aliphatic heterocycles. The number of carbonyl (C=O) groups excluding carboxylic acids is 2. The van der Waals surface area contributed by atoms with Gasteiger partial charge in [-0.05, 0) is 86.5 Å². The number of aromatic nitrogens is 3. The average molecular weight is 667 g/mol. The molecule has 3 aromatic carbocycles. The van der Waals surface area contributed by atoms with Gasteiger partial charge in [0.05, 0.1) is 39.9 Å². The molecule has 6 aromatic rings. The van der Waals surface area contributed by atoms with Crippen molar-refractivity contribution in [1.82, 2.24) is 15.0 Å². The standard InChI is InChI=1S/C44H34N4O3/c1-26-4-10-29(11-5-26)42(37-21-17-34(46-37)35-19-23-39(48-35)44(50)31-14-8-28(3)9-15-31)36-20-16-32(45-36)33-18-22-38(47-33)43(40-24-25-41(49)51-40)30-12-6-27(2)7-13-30/h4-25,46-48H,1-3H3/b42-36+,43-40-. The zero-order valence-electron chi connectivity index (χ0n) is 28.4. The molecule has 7 nitrogen and oxygen atoms in total. The Balaban J connectivity index is 1.14. The first-order valence-corrected chi connectivity index (χ1v) is 16.8. The number of H-pyrrole nitrogens is 3. The second-order valence-electron chi connectivity index (χ2n) is 12.9. The number of ketones is 1.